The number of ether oxygens (including phenoxy) is 3. The molecule has 0 saturated heterocycles. The Morgan fingerprint density at radius 2 is 0.481 bits per heavy atom. The highest BCUT2D eigenvalue weighted by molar-refractivity contribution is 5.71. The molecule has 1 unspecified atom stereocenters. The Labute approximate surface area is 500 Å². The van der Waals surface area contributed by atoms with E-state index >= 15 is 0 Å². The van der Waals surface area contributed by atoms with Crippen LogP contribution >= 0.6 is 0 Å². The lowest BCUT2D eigenvalue weighted by atomic mass is 10.1. The minimum absolute atomic E-state index is 0.0834. The monoisotopic (exact) mass is 1120 g/mol. The highest BCUT2D eigenvalue weighted by atomic mass is 16.6. The summed E-state index contributed by atoms with van der Waals surface area (Å²) in [5, 5.41) is 0. The predicted molar refractivity (Wildman–Crippen MR) is 353 cm³/mol. The first-order chi connectivity index (χ1) is 40.0. The molecular formula is C75H124O6. The van der Waals surface area contributed by atoms with Crippen LogP contribution < -0.4 is 0 Å². The van der Waals surface area contributed by atoms with Crippen molar-refractivity contribution < 1.29 is 28.6 Å². The molecule has 0 rings (SSSR count). The Hall–Kier alpha value is -4.45. The molecule has 0 spiro atoms. The van der Waals surface area contributed by atoms with Crippen LogP contribution in [0.1, 0.15) is 303 Å². The minimum atomic E-state index is -0.788. The first-order valence-corrected chi connectivity index (χ1v) is 33.7. The second-order valence-electron chi connectivity index (χ2n) is 22.0. The Morgan fingerprint density at radius 1 is 0.259 bits per heavy atom. The molecule has 0 heterocycles. The van der Waals surface area contributed by atoms with E-state index in [1.54, 1.807) is 0 Å². The first-order valence-electron chi connectivity index (χ1n) is 33.7. The molecule has 0 amide bonds. The van der Waals surface area contributed by atoms with Gasteiger partial charge in [0.25, 0.3) is 0 Å². The van der Waals surface area contributed by atoms with Crippen LogP contribution in [0.4, 0.5) is 0 Å². The van der Waals surface area contributed by atoms with E-state index in [2.05, 4.69) is 154 Å². The minimum Gasteiger partial charge on any atom is -0.462 e. The van der Waals surface area contributed by atoms with Gasteiger partial charge >= 0.3 is 17.9 Å². The van der Waals surface area contributed by atoms with Crippen molar-refractivity contribution in [3.8, 4) is 0 Å². The quantitative estimate of drug-likeness (QED) is 0.0261. The van der Waals surface area contributed by atoms with Crippen LogP contribution in [0, 0.1) is 0 Å². The normalized spacial score (nSPS) is 13.0. The molecule has 6 heteroatoms. The van der Waals surface area contributed by atoms with Gasteiger partial charge in [-0.15, -0.1) is 0 Å². The molecule has 0 radical (unpaired) electrons. The van der Waals surface area contributed by atoms with Gasteiger partial charge in [-0.3, -0.25) is 14.4 Å². The third kappa shape index (κ3) is 66.2. The van der Waals surface area contributed by atoms with Crippen LogP contribution in [0.2, 0.25) is 0 Å². The van der Waals surface area contributed by atoms with E-state index in [0.29, 0.717) is 19.3 Å². The van der Waals surface area contributed by atoms with Gasteiger partial charge in [0.05, 0.1) is 0 Å². The van der Waals surface area contributed by atoms with Crippen LogP contribution in [-0.4, -0.2) is 37.2 Å². The Morgan fingerprint density at radius 3 is 0.753 bits per heavy atom. The van der Waals surface area contributed by atoms with Crippen molar-refractivity contribution >= 4 is 17.9 Å². The number of carbonyl (C=O) groups excluding carboxylic acids is 3. The smallest absolute Gasteiger partial charge is 0.306 e. The van der Waals surface area contributed by atoms with E-state index in [0.717, 1.165) is 141 Å². The molecular weight excluding hydrogens is 997 g/mol. The number of esters is 3. The molecule has 0 N–H and O–H groups in total. The van der Waals surface area contributed by atoms with Gasteiger partial charge in [-0.05, 0) is 116 Å². The maximum Gasteiger partial charge on any atom is 0.306 e. The summed E-state index contributed by atoms with van der Waals surface area (Å²) in [6.45, 7) is 6.41. The molecule has 460 valence electrons. The highest BCUT2D eigenvalue weighted by Crippen LogP contribution is 2.16. The summed E-state index contributed by atoms with van der Waals surface area (Å²) in [5.41, 5.74) is 0. The lowest BCUT2D eigenvalue weighted by Crippen LogP contribution is -2.30. The fraction of sp³-hybridized carbons (Fsp3) is 0.667. The summed E-state index contributed by atoms with van der Waals surface area (Å²) < 4.78 is 16.9. The van der Waals surface area contributed by atoms with Crippen molar-refractivity contribution in [2.75, 3.05) is 13.2 Å². The number of unbranched alkanes of at least 4 members (excludes halogenated alkanes) is 27. The molecule has 0 bridgehead atoms. The number of rotatable bonds is 60. The summed E-state index contributed by atoms with van der Waals surface area (Å²) in [4.78, 5) is 38.3. The van der Waals surface area contributed by atoms with Crippen LogP contribution in [-0.2, 0) is 28.6 Å². The van der Waals surface area contributed by atoms with Gasteiger partial charge < -0.3 is 14.2 Å². The third-order valence-electron chi connectivity index (χ3n) is 14.2. The predicted octanol–water partition coefficient (Wildman–Crippen LogP) is 23.3. The number of hydrogen-bond acceptors (Lipinski definition) is 6. The first kappa shape index (κ1) is 76.5. The van der Waals surface area contributed by atoms with Gasteiger partial charge in [0.2, 0.25) is 0 Å². The van der Waals surface area contributed by atoms with Crippen molar-refractivity contribution in [2.24, 2.45) is 0 Å². The molecule has 0 fully saturated rings. The molecule has 6 nitrogen and oxygen atoms in total. The second kappa shape index (κ2) is 68.1. The number of allylic oxidation sites excluding steroid dienone is 22. The zero-order chi connectivity index (χ0) is 58.5. The molecule has 0 aromatic heterocycles. The average molecular weight is 1120 g/mol. The van der Waals surface area contributed by atoms with Crippen LogP contribution in [0.25, 0.3) is 0 Å². The average Bonchev–Trinajstić information content (AvgIpc) is 3.47. The van der Waals surface area contributed by atoms with E-state index < -0.39 is 6.10 Å². The summed E-state index contributed by atoms with van der Waals surface area (Å²) in [5.74, 6) is -0.893. The van der Waals surface area contributed by atoms with E-state index in [-0.39, 0.29) is 31.1 Å². The van der Waals surface area contributed by atoms with Gasteiger partial charge in [-0.2, -0.15) is 0 Å². The standard InChI is InChI=1S/C75H124O6/c1-4-7-10-13-16-19-22-24-26-28-30-32-33-34-35-36-37-38-39-40-41-43-44-46-48-50-53-56-59-62-65-68-74(77)80-71-72(70-79-73(76)67-64-61-58-55-52-21-18-15-12-9-6-3)81-75(78)69-66-63-60-57-54-51-49-47-45-42-31-29-27-25-23-20-17-14-11-8-5-2/h7-8,10-11,16-17,19-20,24-27,30-32,34-35,37-38,40-42,72H,4-6,9,12-15,18,21-23,28-29,33,36,39,43-71H2,1-3H3/b10-7-,11-8-,19-16-,20-17-,26-24-,27-25-,32-30-,35-34-,38-37-,41-40-,42-31-. The van der Waals surface area contributed by atoms with E-state index in [9.17, 15) is 14.4 Å². The van der Waals surface area contributed by atoms with E-state index in [1.165, 1.54) is 122 Å². The molecule has 0 aliphatic rings. The fourth-order valence-electron chi connectivity index (χ4n) is 9.18. The van der Waals surface area contributed by atoms with Gasteiger partial charge in [-0.25, -0.2) is 0 Å². The van der Waals surface area contributed by atoms with E-state index in [4.69, 9.17) is 14.2 Å². The third-order valence-corrected chi connectivity index (χ3v) is 14.2. The topological polar surface area (TPSA) is 78.9 Å². The van der Waals surface area contributed by atoms with Gasteiger partial charge in [-0.1, -0.05) is 302 Å². The highest BCUT2D eigenvalue weighted by Gasteiger charge is 2.19. The Balaban J connectivity index is 4.28. The van der Waals surface area contributed by atoms with Gasteiger partial charge in [0.1, 0.15) is 13.2 Å². The summed E-state index contributed by atoms with van der Waals surface area (Å²) in [6.07, 6.45) is 96.1. The molecule has 0 aromatic rings. The van der Waals surface area contributed by atoms with E-state index in [1.807, 2.05) is 0 Å². The molecule has 0 aromatic carbocycles. The lowest BCUT2D eigenvalue weighted by Gasteiger charge is -2.18. The maximum absolute atomic E-state index is 12.9. The van der Waals surface area contributed by atoms with Crippen LogP contribution in [0.15, 0.2) is 134 Å². The number of hydrogen-bond donors (Lipinski definition) is 0. The molecule has 0 saturated carbocycles. The zero-order valence-corrected chi connectivity index (χ0v) is 52.8. The van der Waals surface area contributed by atoms with Crippen molar-refractivity contribution in [1.82, 2.24) is 0 Å². The van der Waals surface area contributed by atoms with Gasteiger partial charge in [0.15, 0.2) is 6.10 Å². The fourth-order valence-corrected chi connectivity index (χ4v) is 9.18. The Kier molecular flexibility index (Phi) is 64.3. The summed E-state index contributed by atoms with van der Waals surface area (Å²) in [7, 11) is 0. The molecule has 0 aliphatic carbocycles. The second-order valence-corrected chi connectivity index (χ2v) is 22.0. The lowest BCUT2D eigenvalue weighted by molar-refractivity contribution is -0.167. The van der Waals surface area contributed by atoms with Crippen molar-refractivity contribution in [3.05, 3.63) is 134 Å². The SMILES string of the molecule is CC/C=C\C/C=C\C/C=C\C/C=C\C/C=C\C/C=C\C/C=C\CCCCCCCCCCCC(=O)OCC(COC(=O)CCCCCCCCCCCCC)OC(=O)CCCCCCCCCC/C=C\C/C=C\C/C=C\C/C=C\CC. The van der Waals surface area contributed by atoms with Gasteiger partial charge in [0, 0.05) is 19.3 Å². The van der Waals surface area contributed by atoms with Crippen molar-refractivity contribution in [2.45, 2.75) is 309 Å². The van der Waals surface area contributed by atoms with Crippen LogP contribution in [0.5, 0.6) is 0 Å². The molecule has 81 heavy (non-hydrogen) atoms. The Bertz CT molecular complexity index is 1720. The molecule has 1 atom stereocenters. The molecule has 0 aliphatic heterocycles. The summed E-state index contributed by atoms with van der Waals surface area (Å²) in [6, 6.07) is 0. The largest absolute Gasteiger partial charge is 0.462 e. The van der Waals surface area contributed by atoms with Crippen molar-refractivity contribution in [3.63, 3.8) is 0 Å². The van der Waals surface area contributed by atoms with Crippen molar-refractivity contribution in [1.29, 1.82) is 0 Å². The zero-order valence-electron chi connectivity index (χ0n) is 52.8. The maximum atomic E-state index is 12.9. The summed E-state index contributed by atoms with van der Waals surface area (Å²) >= 11 is 0. The number of carbonyl (C=O) groups is 3. The van der Waals surface area contributed by atoms with Crippen LogP contribution in [0.3, 0.4) is 0 Å².